The number of anilines is 1. The van der Waals surface area contributed by atoms with E-state index in [2.05, 4.69) is 5.32 Å². The first-order valence-corrected chi connectivity index (χ1v) is 5.09. The first kappa shape index (κ1) is 10.5. The third-order valence-electron chi connectivity index (χ3n) is 2.21. The number of furan rings is 1. The molecule has 0 bridgehead atoms. The van der Waals surface area contributed by atoms with E-state index < -0.39 is 0 Å². The Labute approximate surface area is 94.1 Å². The number of carbonyl (C=O) groups excluding carboxylic acids is 1. The zero-order chi connectivity index (χ0) is 11.5. The Morgan fingerprint density at radius 3 is 2.69 bits per heavy atom. The maximum Gasteiger partial charge on any atom is 0.221 e. The number of aryl methyl sites for hydroxylation is 1. The van der Waals surface area contributed by atoms with E-state index in [1.165, 1.54) is 6.92 Å². The molecule has 0 unspecified atom stereocenters. The molecule has 0 spiro atoms. The van der Waals surface area contributed by atoms with Crippen molar-refractivity contribution in [3.05, 3.63) is 42.2 Å². The molecule has 1 N–H and O–H groups in total. The minimum Gasteiger partial charge on any atom is -0.461 e. The molecule has 0 aliphatic carbocycles. The van der Waals surface area contributed by atoms with Gasteiger partial charge in [0.15, 0.2) is 0 Å². The van der Waals surface area contributed by atoms with Gasteiger partial charge in [0, 0.05) is 18.2 Å². The highest BCUT2D eigenvalue weighted by Crippen LogP contribution is 2.24. The Balaban J connectivity index is 2.32. The van der Waals surface area contributed by atoms with Gasteiger partial charge >= 0.3 is 0 Å². The number of nitrogens with one attached hydrogen (secondary N) is 1. The van der Waals surface area contributed by atoms with Gasteiger partial charge < -0.3 is 9.73 Å². The minimum absolute atomic E-state index is 0.0761. The molecule has 2 rings (SSSR count). The lowest BCUT2D eigenvalue weighted by Crippen LogP contribution is -2.05. The average Bonchev–Trinajstić information content (AvgIpc) is 2.64. The Kier molecular flexibility index (Phi) is 2.77. The van der Waals surface area contributed by atoms with Gasteiger partial charge in [0.25, 0.3) is 0 Å². The summed E-state index contributed by atoms with van der Waals surface area (Å²) in [5.74, 6) is 1.61. The van der Waals surface area contributed by atoms with Crippen molar-refractivity contribution >= 4 is 11.6 Å². The fourth-order valence-corrected chi connectivity index (χ4v) is 1.54. The lowest BCUT2D eigenvalue weighted by Gasteiger charge is -2.03. The first-order chi connectivity index (χ1) is 7.65. The van der Waals surface area contributed by atoms with Crippen molar-refractivity contribution in [3.63, 3.8) is 0 Å². The van der Waals surface area contributed by atoms with Gasteiger partial charge in [-0.15, -0.1) is 0 Å². The molecule has 0 radical (unpaired) electrons. The third-order valence-corrected chi connectivity index (χ3v) is 2.21. The Morgan fingerprint density at radius 1 is 1.25 bits per heavy atom. The van der Waals surface area contributed by atoms with Gasteiger partial charge in [0.05, 0.1) is 0 Å². The number of amides is 1. The van der Waals surface area contributed by atoms with Crippen LogP contribution in [0.2, 0.25) is 0 Å². The highest BCUT2D eigenvalue weighted by Gasteiger charge is 2.03. The van der Waals surface area contributed by atoms with Crippen molar-refractivity contribution in [2.24, 2.45) is 0 Å². The van der Waals surface area contributed by atoms with E-state index in [1.54, 1.807) is 0 Å². The zero-order valence-corrected chi connectivity index (χ0v) is 9.28. The van der Waals surface area contributed by atoms with E-state index in [9.17, 15) is 4.79 Å². The molecule has 0 atom stereocenters. The Morgan fingerprint density at radius 2 is 2.06 bits per heavy atom. The van der Waals surface area contributed by atoms with E-state index in [0.717, 1.165) is 22.8 Å². The standard InChI is InChI=1S/C13H13NO2/c1-9-6-7-13(16-9)11-4-3-5-12(8-11)14-10(2)15/h3-8H,1-2H3,(H,14,15). The quantitative estimate of drug-likeness (QED) is 0.835. The van der Waals surface area contributed by atoms with Gasteiger partial charge in [-0.2, -0.15) is 0 Å². The van der Waals surface area contributed by atoms with Crippen LogP contribution in [0.25, 0.3) is 11.3 Å². The summed E-state index contributed by atoms with van der Waals surface area (Å²) in [4.78, 5) is 10.9. The maximum atomic E-state index is 10.9. The smallest absolute Gasteiger partial charge is 0.221 e. The summed E-state index contributed by atoms with van der Waals surface area (Å²) in [6.45, 7) is 3.39. The van der Waals surface area contributed by atoms with Gasteiger partial charge in [-0.05, 0) is 31.2 Å². The summed E-state index contributed by atoms with van der Waals surface area (Å²) in [5, 5.41) is 2.74. The number of hydrogen-bond acceptors (Lipinski definition) is 2. The highest BCUT2D eigenvalue weighted by molar-refractivity contribution is 5.89. The summed E-state index contributed by atoms with van der Waals surface area (Å²) in [6, 6.07) is 11.4. The summed E-state index contributed by atoms with van der Waals surface area (Å²) in [7, 11) is 0. The molecule has 1 heterocycles. The number of benzene rings is 1. The van der Waals surface area contributed by atoms with Crippen LogP contribution in [0, 0.1) is 6.92 Å². The lowest BCUT2D eigenvalue weighted by atomic mass is 10.1. The van der Waals surface area contributed by atoms with Crippen LogP contribution in [0.5, 0.6) is 0 Å². The SMILES string of the molecule is CC(=O)Nc1cccc(-c2ccc(C)o2)c1. The second-order valence-electron chi connectivity index (χ2n) is 3.67. The van der Waals surface area contributed by atoms with Crippen LogP contribution in [0.4, 0.5) is 5.69 Å². The highest BCUT2D eigenvalue weighted by atomic mass is 16.3. The van der Waals surface area contributed by atoms with Crippen LogP contribution in [0.15, 0.2) is 40.8 Å². The minimum atomic E-state index is -0.0761. The lowest BCUT2D eigenvalue weighted by molar-refractivity contribution is -0.114. The summed E-state index contributed by atoms with van der Waals surface area (Å²) >= 11 is 0. The molecule has 16 heavy (non-hydrogen) atoms. The Bertz CT molecular complexity index is 514. The second kappa shape index (κ2) is 4.23. The van der Waals surface area contributed by atoms with Crippen molar-refractivity contribution in [2.75, 3.05) is 5.32 Å². The van der Waals surface area contributed by atoms with E-state index in [-0.39, 0.29) is 5.91 Å². The molecule has 0 saturated heterocycles. The number of carbonyl (C=O) groups is 1. The number of hydrogen-bond donors (Lipinski definition) is 1. The van der Waals surface area contributed by atoms with Gasteiger partial charge in [-0.3, -0.25) is 4.79 Å². The Hall–Kier alpha value is -2.03. The molecule has 0 fully saturated rings. The fraction of sp³-hybridized carbons (Fsp3) is 0.154. The van der Waals surface area contributed by atoms with Crippen LogP contribution < -0.4 is 5.32 Å². The summed E-state index contributed by atoms with van der Waals surface area (Å²) < 4.78 is 5.52. The van der Waals surface area contributed by atoms with Gasteiger partial charge in [0.2, 0.25) is 5.91 Å². The van der Waals surface area contributed by atoms with Crippen LogP contribution in [0.1, 0.15) is 12.7 Å². The molecule has 2 aromatic rings. The molecular formula is C13H13NO2. The number of rotatable bonds is 2. The van der Waals surface area contributed by atoms with Gasteiger partial charge in [-0.25, -0.2) is 0 Å². The van der Waals surface area contributed by atoms with E-state index in [4.69, 9.17) is 4.42 Å². The molecule has 3 heteroatoms. The largest absolute Gasteiger partial charge is 0.461 e. The van der Waals surface area contributed by atoms with Crippen LogP contribution >= 0.6 is 0 Å². The van der Waals surface area contributed by atoms with Gasteiger partial charge in [-0.1, -0.05) is 12.1 Å². The van der Waals surface area contributed by atoms with Crippen LogP contribution in [0.3, 0.4) is 0 Å². The molecular weight excluding hydrogens is 202 g/mol. The third kappa shape index (κ3) is 2.31. The van der Waals surface area contributed by atoms with Crippen molar-refractivity contribution in [2.45, 2.75) is 13.8 Å². The first-order valence-electron chi connectivity index (χ1n) is 5.09. The van der Waals surface area contributed by atoms with Crippen molar-refractivity contribution in [1.82, 2.24) is 0 Å². The molecule has 0 aliphatic rings. The van der Waals surface area contributed by atoms with E-state index >= 15 is 0 Å². The topological polar surface area (TPSA) is 42.2 Å². The van der Waals surface area contributed by atoms with Crippen LogP contribution in [-0.2, 0) is 4.79 Å². The fourth-order valence-electron chi connectivity index (χ4n) is 1.54. The summed E-state index contributed by atoms with van der Waals surface area (Å²) in [6.07, 6.45) is 0. The van der Waals surface area contributed by atoms with Crippen molar-refractivity contribution < 1.29 is 9.21 Å². The maximum absolute atomic E-state index is 10.9. The predicted octanol–water partition coefficient (Wildman–Crippen LogP) is 3.21. The molecule has 3 nitrogen and oxygen atoms in total. The molecule has 1 amide bonds. The van der Waals surface area contributed by atoms with Crippen molar-refractivity contribution in [1.29, 1.82) is 0 Å². The van der Waals surface area contributed by atoms with E-state index in [0.29, 0.717) is 0 Å². The molecule has 0 aliphatic heterocycles. The zero-order valence-electron chi connectivity index (χ0n) is 9.28. The molecule has 1 aromatic heterocycles. The van der Waals surface area contributed by atoms with Crippen LogP contribution in [-0.4, -0.2) is 5.91 Å². The summed E-state index contributed by atoms with van der Waals surface area (Å²) in [5.41, 5.74) is 1.73. The second-order valence-corrected chi connectivity index (χ2v) is 3.67. The molecule has 0 saturated carbocycles. The molecule has 82 valence electrons. The van der Waals surface area contributed by atoms with Gasteiger partial charge in [0.1, 0.15) is 11.5 Å². The average molecular weight is 215 g/mol. The predicted molar refractivity (Wildman–Crippen MR) is 63.2 cm³/mol. The molecule has 1 aromatic carbocycles. The van der Waals surface area contributed by atoms with E-state index in [1.807, 2.05) is 43.3 Å². The normalized spacial score (nSPS) is 10.1. The van der Waals surface area contributed by atoms with Crippen molar-refractivity contribution in [3.8, 4) is 11.3 Å². The monoisotopic (exact) mass is 215 g/mol.